The minimum Gasteiger partial charge on any atom is -0.394 e. The number of rotatable bonds is 5. The number of benzene rings is 2. The van der Waals surface area contributed by atoms with Crippen LogP contribution in [0.5, 0.6) is 0 Å². The van der Waals surface area contributed by atoms with Gasteiger partial charge in [-0.15, -0.1) is 0 Å². The summed E-state index contributed by atoms with van der Waals surface area (Å²) in [7, 11) is 0. The van der Waals surface area contributed by atoms with E-state index in [0.29, 0.717) is 5.69 Å². The van der Waals surface area contributed by atoms with Crippen LogP contribution in [-0.2, 0) is 0 Å². The smallest absolute Gasteiger partial charge is 0.255 e. The van der Waals surface area contributed by atoms with Crippen molar-refractivity contribution in [3.63, 3.8) is 0 Å². The standard InChI is InChI=1S/C18H16FN3O2/c19-15-9-5-4-8-13(15)17-14(10-20-22-17)18(24)21-16(11-23)12-6-2-1-3-7-12/h1-10,16,23H,11H2,(H,20,22)(H,21,24)/t16-/m0/s1. The monoisotopic (exact) mass is 325 g/mol. The summed E-state index contributed by atoms with van der Waals surface area (Å²) < 4.78 is 14.0. The topological polar surface area (TPSA) is 78.0 Å². The highest BCUT2D eigenvalue weighted by atomic mass is 19.1. The Bertz CT molecular complexity index is 833. The van der Waals surface area contributed by atoms with Crippen LogP contribution in [0.3, 0.4) is 0 Å². The number of halogens is 1. The van der Waals surface area contributed by atoms with Crippen molar-refractivity contribution in [1.29, 1.82) is 0 Å². The minimum atomic E-state index is -0.554. The van der Waals surface area contributed by atoms with Gasteiger partial charge in [0.15, 0.2) is 0 Å². The van der Waals surface area contributed by atoms with Crippen LogP contribution in [0, 0.1) is 5.82 Å². The second kappa shape index (κ2) is 7.06. The fourth-order valence-electron chi connectivity index (χ4n) is 2.48. The van der Waals surface area contributed by atoms with E-state index in [1.54, 1.807) is 18.2 Å². The second-order valence-corrected chi connectivity index (χ2v) is 5.26. The molecule has 5 nitrogen and oxygen atoms in total. The van der Waals surface area contributed by atoms with Crippen molar-refractivity contribution < 1.29 is 14.3 Å². The summed E-state index contributed by atoms with van der Waals surface area (Å²) >= 11 is 0. The summed E-state index contributed by atoms with van der Waals surface area (Å²) in [6.07, 6.45) is 1.34. The molecule has 2 aromatic carbocycles. The predicted octanol–water partition coefficient (Wildman–Crippen LogP) is 2.68. The summed E-state index contributed by atoms with van der Waals surface area (Å²) in [5, 5.41) is 18.8. The Balaban J connectivity index is 1.87. The van der Waals surface area contributed by atoms with Gasteiger partial charge >= 0.3 is 0 Å². The molecule has 1 aromatic heterocycles. The van der Waals surface area contributed by atoms with Crippen molar-refractivity contribution in [2.24, 2.45) is 0 Å². The number of carbonyl (C=O) groups is 1. The summed E-state index contributed by atoms with van der Waals surface area (Å²) in [4.78, 5) is 12.5. The van der Waals surface area contributed by atoms with E-state index in [1.807, 2.05) is 30.3 Å². The largest absolute Gasteiger partial charge is 0.394 e. The zero-order valence-corrected chi connectivity index (χ0v) is 12.7. The number of H-pyrrole nitrogens is 1. The van der Waals surface area contributed by atoms with Crippen LogP contribution in [0.25, 0.3) is 11.3 Å². The highest BCUT2D eigenvalue weighted by Crippen LogP contribution is 2.24. The maximum atomic E-state index is 14.0. The Morgan fingerprint density at radius 1 is 1.17 bits per heavy atom. The molecule has 3 aromatic rings. The summed E-state index contributed by atoms with van der Waals surface area (Å²) in [5.41, 5.74) is 1.56. The average molecular weight is 325 g/mol. The third kappa shape index (κ3) is 3.18. The second-order valence-electron chi connectivity index (χ2n) is 5.26. The van der Waals surface area contributed by atoms with Gasteiger partial charge in [-0.05, 0) is 17.7 Å². The van der Waals surface area contributed by atoms with Crippen LogP contribution >= 0.6 is 0 Å². The predicted molar refractivity (Wildman–Crippen MR) is 87.7 cm³/mol. The number of aliphatic hydroxyl groups is 1. The molecule has 3 rings (SSSR count). The van der Waals surface area contributed by atoms with E-state index in [0.717, 1.165) is 5.56 Å². The zero-order chi connectivity index (χ0) is 16.9. The lowest BCUT2D eigenvalue weighted by atomic mass is 10.0. The average Bonchev–Trinajstić information content (AvgIpc) is 3.10. The van der Waals surface area contributed by atoms with E-state index in [2.05, 4.69) is 15.5 Å². The van der Waals surface area contributed by atoms with Crippen LogP contribution < -0.4 is 5.32 Å². The maximum Gasteiger partial charge on any atom is 0.255 e. The van der Waals surface area contributed by atoms with Crippen molar-refractivity contribution in [3.05, 3.63) is 77.7 Å². The highest BCUT2D eigenvalue weighted by Gasteiger charge is 2.20. The lowest BCUT2D eigenvalue weighted by Crippen LogP contribution is -2.30. The molecular weight excluding hydrogens is 309 g/mol. The lowest BCUT2D eigenvalue weighted by molar-refractivity contribution is 0.0917. The summed E-state index contributed by atoms with van der Waals surface area (Å²) in [6.45, 7) is -0.247. The van der Waals surface area contributed by atoms with Gasteiger partial charge in [-0.3, -0.25) is 9.89 Å². The van der Waals surface area contributed by atoms with Gasteiger partial charge in [0.2, 0.25) is 0 Å². The number of hydrogen-bond donors (Lipinski definition) is 3. The van der Waals surface area contributed by atoms with E-state index in [-0.39, 0.29) is 17.7 Å². The number of carbonyl (C=O) groups excluding carboxylic acids is 1. The molecule has 122 valence electrons. The van der Waals surface area contributed by atoms with Crippen LogP contribution in [-0.4, -0.2) is 27.8 Å². The van der Waals surface area contributed by atoms with Crippen molar-refractivity contribution in [3.8, 4) is 11.3 Å². The molecule has 0 fully saturated rings. The molecule has 0 radical (unpaired) electrons. The molecule has 6 heteroatoms. The fourth-order valence-corrected chi connectivity index (χ4v) is 2.48. The van der Waals surface area contributed by atoms with Gasteiger partial charge in [-0.25, -0.2) is 4.39 Å². The molecule has 0 aliphatic heterocycles. The number of aromatic nitrogens is 2. The Morgan fingerprint density at radius 3 is 2.58 bits per heavy atom. The van der Waals surface area contributed by atoms with Crippen LogP contribution in [0.2, 0.25) is 0 Å². The van der Waals surface area contributed by atoms with Crippen LogP contribution in [0.15, 0.2) is 60.8 Å². The Morgan fingerprint density at radius 2 is 1.88 bits per heavy atom. The molecule has 0 saturated carbocycles. The Labute approximate surface area is 138 Å². The Hall–Kier alpha value is -2.99. The molecule has 24 heavy (non-hydrogen) atoms. The van der Waals surface area contributed by atoms with Gasteiger partial charge in [0.25, 0.3) is 5.91 Å². The van der Waals surface area contributed by atoms with Crippen LogP contribution in [0.1, 0.15) is 22.0 Å². The minimum absolute atomic E-state index is 0.217. The normalized spacial score (nSPS) is 11.9. The number of nitrogens with one attached hydrogen (secondary N) is 2. The van der Waals surface area contributed by atoms with Gasteiger partial charge in [0, 0.05) is 5.56 Å². The van der Waals surface area contributed by atoms with Gasteiger partial charge < -0.3 is 10.4 Å². The number of amides is 1. The van der Waals surface area contributed by atoms with Crippen molar-refractivity contribution in [2.45, 2.75) is 6.04 Å². The number of nitrogens with zero attached hydrogens (tertiary/aromatic N) is 1. The zero-order valence-electron chi connectivity index (χ0n) is 12.7. The molecule has 0 aliphatic rings. The van der Waals surface area contributed by atoms with Crippen molar-refractivity contribution >= 4 is 5.91 Å². The van der Waals surface area contributed by atoms with Crippen molar-refractivity contribution in [1.82, 2.24) is 15.5 Å². The molecular formula is C18H16FN3O2. The molecule has 0 saturated heterocycles. The van der Waals surface area contributed by atoms with E-state index >= 15 is 0 Å². The first kappa shape index (κ1) is 15.9. The van der Waals surface area contributed by atoms with E-state index in [1.165, 1.54) is 12.3 Å². The number of aliphatic hydroxyl groups excluding tert-OH is 1. The quantitative estimate of drug-likeness (QED) is 0.675. The van der Waals surface area contributed by atoms with E-state index < -0.39 is 17.8 Å². The maximum absolute atomic E-state index is 14.0. The molecule has 0 unspecified atom stereocenters. The summed E-state index contributed by atoms with van der Waals surface area (Å²) in [5.74, 6) is -0.887. The Kier molecular flexibility index (Phi) is 4.67. The van der Waals surface area contributed by atoms with Gasteiger partial charge in [0.05, 0.1) is 30.1 Å². The first-order chi connectivity index (χ1) is 11.7. The first-order valence-corrected chi connectivity index (χ1v) is 7.45. The van der Waals surface area contributed by atoms with Gasteiger partial charge in [-0.1, -0.05) is 42.5 Å². The fraction of sp³-hybridized carbons (Fsp3) is 0.111. The molecule has 0 aliphatic carbocycles. The molecule has 1 heterocycles. The number of aromatic amines is 1. The SMILES string of the molecule is O=C(N[C@@H](CO)c1ccccc1)c1cn[nH]c1-c1ccccc1F. The van der Waals surface area contributed by atoms with E-state index in [9.17, 15) is 14.3 Å². The van der Waals surface area contributed by atoms with Gasteiger partial charge in [0.1, 0.15) is 5.82 Å². The third-order valence-corrected chi connectivity index (χ3v) is 3.72. The third-order valence-electron chi connectivity index (χ3n) is 3.72. The molecule has 3 N–H and O–H groups in total. The molecule has 1 amide bonds. The molecule has 0 bridgehead atoms. The van der Waals surface area contributed by atoms with Crippen molar-refractivity contribution in [2.75, 3.05) is 6.61 Å². The number of hydrogen-bond acceptors (Lipinski definition) is 3. The summed E-state index contributed by atoms with van der Waals surface area (Å²) in [6, 6.07) is 14.7. The first-order valence-electron chi connectivity index (χ1n) is 7.45. The van der Waals surface area contributed by atoms with Gasteiger partial charge in [-0.2, -0.15) is 5.10 Å². The molecule has 1 atom stereocenters. The van der Waals surface area contributed by atoms with E-state index in [4.69, 9.17) is 0 Å². The molecule has 0 spiro atoms. The van der Waals surface area contributed by atoms with Crippen LogP contribution in [0.4, 0.5) is 4.39 Å². The lowest BCUT2D eigenvalue weighted by Gasteiger charge is -2.16. The highest BCUT2D eigenvalue weighted by molar-refractivity contribution is 6.00.